The smallest absolute Gasteiger partial charge is 0.270 e. The first-order valence-corrected chi connectivity index (χ1v) is 5.35. The molecule has 17 heavy (non-hydrogen) atoms. The molecule has 0 saturated carbocycles. The monoisotopic (exact) mass is 230 g/mol. The van der Waals surface area contributed by atoms with Gasteiger partial charge < -0.3 is 5.32 Å². The second kappa shape index (κ2) is 4.78. The van der Waals surface area contributed by atoms with Crippen molar-refractivity contribution < 1.29 is 4.79 Å². The molecule has 0 aromatic carbocycles. The fraction of sp³-hybridized carbons (Fsp3) is 0.250. The summed E-state index contributed by atoms with van der Waals surface area (Å²) >= 11 is 0. The molecule has 1 amide bonds. The minimum atomic E-state index is -0.171. The second-order valence-electron chi connectivity index (χ2n) is 3.79. The summed E-state index contributed by atoms with van der Waals surface area (Å²) in [5, 5.41) is 6.84. The Balaban J connectivity index is 2.01. The van der Waals surface area contributed by atoms with Gasteiger partial charge in [-0.3, -0.25) is 9.48 Å². The molecule has 0 atom stereocenters. The molecule has 0 aliphatic rings. The van der Waals surface area contributed by atoms with Crippen LogP contribution < -0.4 is 5.32 Å². The summed E-state index contributed by atoms with van der Waals surface area (Å²) in [5.41, 5.74) is 2.22. The summed E-state index contributed by atoms with van der Waals surface area (Å²) in [7, 11) is 1.84. The van der Waals surface area contributed by atoms with E-state index in [1.54, 1.807) is 16.9 Å². The number of carbonyl (C=O) groups is 1. The van der Waals surface area contributed by atoms with Crippen LogP contribution in [0.4, 0.5) is 0 Å². The molecule has 2 rings (SSSR count). The standard InChI is InChI=1S/C12H14N4O/c1-9-4-3-5-11(15-9)12(17)13-8-10-6-7-14-16(10)2/h3-7H,8H2,1-2H3,(H,13,17). The highest BCUT2D eigenvalue weighted by atomic mass is 16.1. The highest BCUT2D eigenvalue weighted by molar-refractivity contribution is 5.92. The zero-order valence-corrected chi connectivity index (χ0v) is 9.84. The molecule has 0 aliphatic carbocycles. The summed E-state index contributed by atoms with van der Waals surface area (Å²) in [6.07, 6.45) is 1.70. The summed E-state index contributed by atoms with van der Waals surface area (Å²) in [6, 6.07) is 7.24. The SMILES string of the molecule is Cc1cccc(C(=O)NCc2ccnn2C)n1. The van der Waals surface area contributed by atoms with E-state index in [0.29, 0.717) is 12.2 Å². The van der Waals surface area contributed by atoms with Gasteiger partial charge in [-0.15, -0.1) is 0 Å². The van der Waals surface area contributed by atoms with E-state index < -0.39 is 0 Å². The third-order valence-electron chi connectivity index (χ3n) is 2.47. The normalized spacial score (nSPS) is 10.2. The number of aromatic nitrogens is 3. The van der Waals surface area contributed by atoms with E-state index in [9.17, 15) is 4.79 Å². The zero-order chi connectivity index (χ0) is 12.3. The summed E-state index contributed by atoms with van der Waals surface area (Å²) < 4.78 is 1.73. The number of nitrogens with zero attached hydrogens (tertiary/aromatic N) is 3. The van der Waals surface area contributed by atoms with Crippen molar-refractivity contribution in [1.29, 1.82) is 0 Å². The van der Waals surface area contributed by atoms with E-state index in [1.807, 2.05) is 32.2 Å². The molecule has 5 nitrogen and oxygen atoms in total. The van der Waals surface area contributed by atoms with E-state index in [1.165, 1.54) is 0 Å². The Labute approximate surface area is 99.5 Å². The van der Waals surface area contributed by atoms with Gasteiger partial charge in [-0.25, -0.2) is 4.98 Å². The molecule has 2 aromatic rings. The van der Waals surface area contributed by atoms with Crippen molar-refractivity contribution >= 4 is 5.91 Å². The highest BCUT2D eigenvalue weighted by Crippen LogP contribution is 2.00. The molecule has 2 aromatic heterocycles. The highest BCUT2D eigenvalue weighted by Gasteiger charge is 2.07. The van der Waals surface area contributed by atoms with Crippen LogP contribution in [0.1, 0.15) is 21.9 Å². The maximum absolute atomic E-state index is 11.8. The van der Waals surface area contributed by atoms with E-state index >= 15 is 0 Å². The minimum Gasteiger partial charge on any atom is -0.345 e. The van der Waals surface area contributed by atoms with Crippen LogP contribution in [-0.4, -0.2) is 20.7 Å². The summed E-state index contributed by atoms with van der Waals surface area (Å²) in [4.78, 5) is 16.0. The Bertz CT molecular complexity index is 533. The third kappa shape index (κ3) is 2.69. The fourth-order valence-electron chi connectivity index (χ4n) is 1.51. The van der Waals surface area contributed by atoms with Gasteiger partial charge in [0.15, 0.2) is 0 Å². The van der Waals surface area contributed by atoms with Crippen LogP contribution in [0.3, 0.4) is 0 Å². The van der Waals surface area contributed by atoms with Crippen molar-refractivity contribution in [2.75, 3.05) is 0 Å². The van der Waals surface area contributed by atoms with E-state index in [2.05, 4.69) is 15.4 Å². The van der Waals surface area contributed by atoms with Crippen molar-refractivity contribution in [1.82, 2.24) is 20.1 Å². The summed E-state index contributed by atoms with van der Waals surface area (Å²) in [5.74, 6) is -0.171. The van der Waals surface area contributed by atoms with Gasteiger partial charge in [-0.2, -0.15) is 5.10 Å². The van der Waals surface area contributed by atoms with Gasteiger partial charge in [0.1, 0.15) is 5.69 Å². The third-order valence-corrected chi connectivity index (χ3v) is 2.47. The van der Waals surface area contributed by atoms with Crippen molar-refractivity contribution in [3.05, 3.63) is 47.5 Å². The van der Waals surface area contributed by atoms with Gasteiger partial charge in [-0.1, -0.05) is 6.07 Å². The molecule has 0 fully saturated rings. The van der Waals surface area contributed by atoms with Crippen LogP contribution >= 0.6 is 0 Å². The second-order valence-corrected chi connectivity index (χ2v) is 3.79. The Morgan fingerprint density at radius 3 is 2.88 bits per heavy atom. The van der Waals surface area contributed by atoms with Crippen molar-refractivity contribution in [2.24, 2.45) is 7.05 Å². The number of nitrogens with one attached hydrogen (secondary N) is 1. The van der Waals surface area contributed by atoms with Crippen LogP contribution in [0.25, 0.3) is 0 Å². The largest absolute Gasteiger partial charge is 0.345 e. The molecule has 88 valence electrons. The fourth-order valence-corrected chi connectivity index (χ4v) is 1.51. The average molecular weight is 230 g/mol. The van der Waals surface area contributed by atoms with Crippen molar-refractivity contribution in [3.8, 4) is 0 Å². The molecule has 5 heteroatoms. The topological polar surface area (TPSA) is 59.8 Å². The molecular weight excluding hydrogens is 216 g/mol. The van der Waals surface area contributed by atoms with Crippen LogP contribution in [-0.2, 0) is 13.6 Å². The average Bonchev–Trinajstić information content (AvgIpc) is 2.72. The maximum atomic E-state index is 11.8. The van der Waals surface area contributed by atoms with E-state index in [-0.39, 0.29) is 5.91 Å². The van der Waals surface area contributed by atoms with Gasteiger partial charge in [-0.05, 0) is 25.1 Å². The molecule has 0 bridgehead atoms. The molecule has 1 N–H and O–H groups in total. The number of rotatable bonds is 3. The number of hydrogen-bond acceptors (Lipinski definition) is 3. The molecule has 0 radical (unpaired) electrons. The lowest BCUT2D eigenvalue weighted by Crippen LogP contribution is -2.25. The molecule has 2 heterocycles. The Morgan fingerprint density at radius 2 is 2.24 bits per heavy atom. The lowest BCUT2D eigenvalue weighted by molar-refractivity contribution is 0.0945. The van der Waals surface area contributed by atoms with Crippen LogP contribution in [0.5, 0.6) is 0 Å². The van der Waals surface area contributed by atoms with Crippen LogP contribution in [0.15, 0.2) is 30.5 Å². The first kappa shape index (κ1) is 11.3. The first-order valence-electron chi connectivity index (χ1n) is 5.35. The van der Waals surface area contributed by atoms with Gasteiger partial charge in [0, 0.05) is 18.9 Å². The quantitative estimate of drug-likeness (QED) is 0.857. The number of pyridine rings is 1. The Kier molecular flexibility index (Phi) is 3.18. The van der Waals surface area contributed by atoms with E-state index in [0.717, 1.165) is 11.4 Å². The van der Waals surface area contributed by atoms with Gasteiger partial charge in [0.2, 0.25) is 0 Å². The van der Waals surface area contributed by atoms with Crippen molar-refractivity contribution in [2.45, 2.75) is 13.5 Å². The first-order chi connectivity index (χ1) is 8.16. The molecule has 0 spiro atoms. The number of aryl methyl sites for hydroxylation is 2. The Hall–Kier alpha value is -2.17. The van der Waals surface area contributed by atoms with Gasteiger partial charge in [0.05, 0.1) is 12.2 Å². The molecular formula is C12H14N4O. The number of carbonyl (C=O) groups excluding carboxylic acids is 1. The summed E-state index contributed by atoms with van der Waals surface area (Å²) in [6.45, 7) is 2.31. The predicted molar refractivity (Wildman–Crippen MR) is 63.4 cm³/mol. The predicted octanol–water partition coefficient (Wildman–Crippen LogP) is 1.05. The van der Waals surface area contributed by atoms with E-state index in [4.69, 9.17) is 0 Å². The zero-order valence-electron chi connectivity index (χ0n) is 9.84. The number of amides is 1. The Morgan fingerprint density at radius 1 is 1.41 bits per heavy atom. The number of hydrogen-bond donors (Lipinski definition) is 1. The lowest BCUT2D eigenvalue weighted by Gasteiger charge is -2.05. The van der Waals surface area contributed by atoms with Crippen LogP contribution in [0, 0.1) is 6.92 Å². The molecule has 0 unspecified atom stereocenters. The van der Waals surface area contributed by atoms with Crippen molar-refractivity contribution in [3.63, 3.8) is 0 Å². The maximum Gasteiger partial charge on any atom is 0.270 e. The lowest BCUT2D eigenvalue weighted by atomic mass is 10.3. The minimum absolute atomic E-state index is 0.171. The van der Waals surface area contributed by atoms with Crippen LogP contribution in [0.2, 0.25) is 0 Å². The van der Waals surface area contributed by atoms with Gasteiger partial charge in [0.25, 0.3) is 5.91 Å². The molecule has 0 aliphatic heterocycles. The molecule has 0 saturated heterocycles. The van der Waals surface area contributed by atoms with Gasteiger partial charge >= 0.3 is 0 Å².